The number of nitrogens with two attached hydrogens (primary N) is 1. The van der Waals surface area contributed by atoms with E-state index in [9.17, 15) is 4.79 Å². The van der Waals surface area contributed by atoms with E-state index in [1.54, 1.807) is 0 Å². The summed E-state index contributed by atoms with van der Waals surface area (Å²) >= 11 is 0. The van der Waals surface area contributed by atoms with Crippen molar-refractivity contribution in [2.45, 2.75) is 39.2 Å². The van der Waals surface area contributed by atoms with Crippen LogP contribution in [0.5, 0.6) is 0 Å². The second-order valence-corrected chi connectivity index (χ2v) is 4.13. The molecule has 0 heterocycles. The van der Waals surface area contributed by atoms with Crippen LogP contribution in [0.1, 0.15) is 33.1 Å². The quantitative estimate of drug-likeness (QED) is 0.684. The highest BCUT2D eigenvalue weighted by Crippen LogP contribution is 2.30. The summed E-state index contributed by atoms with van der Waals surface area (Å²) in [6.45, 7) is 4.91. The molecule has 0 aliphatic heterocycles. The van der Waals surface area contributed by atoms with E-state index in [0.29, 0.717) is 24.9 Å². The molecule has 0 aromatic carbocycles. The van der Waals surface area contributed by atoms with Gasteiger partial charge < -0.3 is 11.1 Å². The molecule has 0 aromatic heterocycles. The van der Waals surface area contributed by atoms with Crippen LogP contribution in [0.25, 0.3) is 0 Å². The van der Waals surface area contributed by atoms with Crippen LogP contribution in [-0.2, 0) is 4.79 Å². The van der Waals surface area contributed by atoms with Gasteiger partial charge in [0.2, 0.25) is 5.91 Å². The number of hydrogen-bond donors (Lipinski definition) is 2. The third kappa shape index (κ3) is 2.69. The van der Waals surface area contributed by atoms with Crippen LogP contribution in [0, 0.1) is 11.8 Å². The molecule has 0 spiro atoms. The maximum atomic E-state index is 11.3. The Hall–Kier alpha value is -0.570. The number of rotatable bonds is 3. The number of carbonyl (C=O) groups is 1. The van der Waals surface area contributed by atoms with Crippen molar-refractivity contribution in [2.24, 2.45) is 17.6 Å². The molecule has 3 nitrogen and oxygen atoms in total. The smallest absolute Gasteiger partial charge is 0.221 e. The fourth-order valence-corrected chi connectivity index (χ4v) is 1.98. The second kappa shape index (κ2) is 4.61. The van der Waals surface area contributed by atoms with E-state index in [2.05, 4.69) is 19.2 Å². The average molecular weight is 184 g/mol. The predicted molar refractivity (Wildman–Crippen MR) is 53.2 cm³/mol. The van der Waals surface area contributed by atoms with Crippen LogP contribution in [0.15, 0.2) is 0 Å². The van der Waals surface area contributed by atoms with Crippen molar-refractivity contribution in [2.75, 3.05) is 6.54 Å². The highest BCUT2D eigenvalue weighted by atomic mass is 16.1. The molecule has 0 bridgehead atoms. The average Bonchev–Trinajstić information content (AvgIpc) is 2.37. The first-order chi connectivity index (χ1) is 6.15. The molecule has 1 rings (SSSR count). The first-order valence-electron chi connectivity index (χ1n) is 5.14. The van der Waals surface area contributed by atoms with Gasteiger partial charge in [-0.1, -0.05) is 13.8 Å². The molecule has 3 N–H and O–H groups in total. The minimum Gasteiger partial charge on any atom is -0.353 e. The van der Waals surface area contributed by atoms with Gasteiger partial charge in [0.25, 0.3) is 0 Å². The maximum absolute atomic E-state index is 11.3. The first-order valence-corrected chi connectivity index (χ1v) is 5.14. The molecular weight excluding hydrogens is 164 g/mol. The number of nitrogens with one attached hydrogen (secondary N) is 1. The van der Waals surface area contributed by atoms with E-state index in [4.69, 9.17) is 5.73 Å². The molecule has 1 amide bonds. The highest BCUT2D eigenvalue weighted by Gasteiger charge is 2.30. The molecule has 1 aliphatic rings. The van der Waals surface area contributed by atoms with Gasteiger partial charge in [-0.25, -0.2) is 0 Å². The zero-order valence-electron chi connectivity index (χ0n) is 8.55. The zero-order valence-corrected chi connectivity index (χ0v) is 8.55. The van der Waals surface area contributed by atoms with Gasteiger partial charge >= 0.3 is 0 Å². The first kappa shape index (κ1) is 10.5. The lowest BCUT2D eigenvalue weighted by atomic mass is 9.98. The summed E-state index contributed by atoms with van der Waals surface area (Å²) < 4.78 is 0. The van der Waals surface area contributed by atoms with Gasteiger partial charge in [0, 0.05) is 19.0 Å². The molecule has 0 saturated heterocycles. The lowest BCUT2D eigenvalue weighted by Gasteiger charge is -2.19. The van der Waals surface area contributed by atoms with Crippen LogP contribution >= 0.6 is 0 Å². The molecule has 0 radical (unpaired) electrons. The van der Waals surface area contributed by atoms with Gasteiger partial charge in [-0.05, 0) is 24.7 Å². The molecule has 3 heteroatoms. The van der Waals surface area contributed by atoms with E-state index in [0.717, 1.165) is 12.3 Å². The number of hydrogen-bond acceptors (Lipinski definition) is 2. The lowest BCUT2D eigenvalue weighted by Crippen LogP contribution is -2.38. The SMILES string of the molecule is CC1CCC(NC(=O)CCN)C1C. The number of carbonyl (C=O) groups excluding carboxylic acids is 1. The molecule has 76 valence electrons. The molecule has 3 unspecified atom stereocenters. The van der Waals surface area contributed by atoms with Crippen LogP contribution in [0.3, 0.4) is 0 Å². The summed E-state index contributed by atoms with van der Waals surface area (Å²) in [6, 6.07) is 0.383. The standard InChI is InChI=1S/C10H20N2O/c1-7-3-4-9(8(7)2)12-10(13)5-6-11/h7-9H,3-6,11H2,1-2H3,(H,12,13). The van der Waals surface area contributed by atoms with Crippen molar-refractivity contribution in [1.29, 1.82) is 0 Å². The monoisotopic (exact) mass is 184 g/mol. The Balaban J connectivity index is 2.33. The van der Waals surface area contributed by atoms with E-state index < -0.39 is 0 Å². The fourth-order valence-electron chi connectivity index (χ4n) is 1.98. The van der Waals surface area contributed by atoms with Crippen molar-refractivity contribution >= 4 is 5.91 Å². The molecule has 13 heavy (non-hydrogen) atoms. The topological polar surface area (TPSA) is 55.1 Å². The lowest BCUT2D eigenvalue weighted by molar-refractivity contribution is -0.121. The van der Waals surface area contributed by atoms with Crippen molar-refractivity contribution in [1.82, 2.24) is 5.32 Å². The van der Waals surface area contributed by atoms with Crippen LogP contribution < -0.4 is 11.1 Å². The Labute approximate surface area is 80.1 Å². The molecule has 1 saturated carbocycles. The Morgan fingerprint density at radius 3 is 2.62 bits per heavy atom. The summed E-state index contributed by atoms with van der Waals surface area (Å²) in [6.07, 6.45) is 2.81. The molecule has 1 aliphatic carbocycles. The summed E-state index contributed by atoms with van der Waals surface area (Å²) in [5, 5.41) is 3.04. The van der Waals surface area contributed by atoms with Crippen molar-refractivity contribution in [3.8, 4) is 0 Å². The van der Waals surface area contributed by atoms with E-state index >= 15 is 0 Å². The van der Waals surface area contributed by atoms with Crippen LogP contribution in [-0.4, -0.2) is 18.5 Å². The summed E-state index contributed by atoms with van der Waals surface area (Å²) in [5.74, 6) is 1.46. The summed E-state index contributed by atoms with van der Waals surface area (Å²) in [4.78, 5) is 11.3. The third-order valence-electron chi connectivity index (χ3n) is 3.18. The third-order valence-corrected chi connectivity index (χ3v) is 3.18. The zero-order chi connectivity index (χ0) is 9.84. The second-order valence-electron chi connectivity index (χ2n) is 4.13. The molecule has 3 atom stereocenters. The normalized spacial score (nSPS) is 33.3. The van der Waals surface area contributed by atoms with Crippen molar-refractivity contribution in [3.05, 3.63) is 0 Å². The van der Waals surface area contributed by atoms with Crippen molar-refractivity contribution < 1.29 is 4.79 Å². The van der Waals surface area contributed by atoms with Gasteiger partial charge in [-0.3, -0.25) is 4.79 Å². The van der Waals surface area contributed by atoms with Crippen LogP contribution in [0.4, 0.5) is 0 Å². The van der Waals surface area contributed by atoms with Crippen LogP contribution in [0.2, 0.25) is 0 Å². The molecular formula is C10H20N2O. The Kier molecular flexibility index (Phi) is 3.72. The van der Waals surface area contributed by atoms with Gasteiger partial charge in [-0.2, -0.15) is 0 Å². The Bertz CT molecular complexity index is 182. The molecule has 1 fully saturated rings. The van der Waals surface area contributed by atoms with E-state index in [1.807, 2.05) is 0 Å². The highest BCUT2D eigenvalue weighted by molar-refractivity contribution is 5.76. The van der Waals surface area contributed by atoms with Gasteiger partial charge in [-0.15, -0.1) is 0 Å². The summed E-state index contributed by atoms with van der Waals surface area (Å²) in [5.41, 5.74) is 5.30. The van der Waals surface area contributed by atoms with Gasteiger partial charge in [0.1, 0.15) is 0 Å². The van der Waals surface area contributed by atoms with Crippen molar-refractivity contribution in [3.63, 3.8) is 0 Å². The maximum Gasteiger partial charge on any atom is 0.221 e. The van der Waals surface area contributed by atoms with Gasteiger partial charge in [0.05, 0.1) is 0 Å². The number of amides is 1. The fraction of sp³-hybridized carbons (Fsp3) is 0.900. The minimum atomic E-state index is 0.105. The van der Waals surface area contributed by atoms with E-state index in [-0.39, 0.29) is 5.91 Å². The summed E-state index contributed by atoms with van der Waals surface area (Å²) in [7, 11) is 0. The Morgan fingerprint density at radius 2 is 2.15 bits per heavy atom. The largest absolute Gasteiger partial charge is 0.353 e. The Morgan fingerprint density at radius 1 is 1.46 bits per heavy atom. The minimum absolute atomic E-state index is 0.105. The van der Waals surface area contributed by atoms with E-state index in [1.165, 1.54) is 6.42 Å². The van der Waals surface area contributed by atoms with Gasteiger partial charge in [0.15, 0.2) is 0 Å². The predicted octanol–water partition coefficient (Wildman–Crippen LogP) is 0.886. The molecule has 0 aromatic rings.